The molecule has 1 unspecified atom stereocenters. The monoisotopic (exact) mass is 297 g/mol. The highest BCUT2D eigenvalue weighted by molar-refractivity contribution is 9.10. The Balaban J connectivity index is 2.08. The van der Waals surface area contributed by atoms with E-state index in [0.717, 1.165) is 30.2 Å². The Morgan fingerprint density at radius 3 is 2.29 bits per heavy atom. The lowest BCUT2D eigenvalue weighted by molar-refractivity contribution is 0.0981. The third kappa shape index (κ3) is 3.30. The Bertz CT molecular complexity index is 344. The van der Waals surface area contributed by atoms with Crippen molar-refractivity contribution >= 4 is 15.9 Å². The second kappa shape index (κ2) is 5.98. The van der Waals surface area contributed by atoms with Crippen LogP contribution in [0.2, 0.25) is 0 Å². The molecule has 1 atom stereocenters. The molecule has 0 saturated heterocycles. The first-order valence-electron chi connectivity index (χ1n) is 6.31. The number of aliphatic hydroxyl groups excluding tert-OH is 1. The molecular weight excluding hydrogens is 278 g/mol. The van der Waals surface area contributed by atoms with Gasteiger partial charge in [0.1, 0.15) is 0 Å². The molecule has 1 aliphatic carbocycles. The number of hydrogen-bond donors (Lipinski definition) is 2. The summed E-state index contributed by atoms with van der Waals surface area (Å²) in [4.78, 5) is 0. The number of nitrogens with one attached hydrogen (secondary N) is 1. The summed E-state index contributed by atoms with van der Waals surface area (Å²) < 4.78 is 1.12. The molecule has 0 aliphatic heterocycles. The first kappa shape index (κ1) is 13.1. The van der Waals surface area contributed by atoms with Gasteiger partial charge in [-0.25, -0.2) is 0 Å². The van der Waals surface area contributed by atoms with Crippen molar-refractivity contribution in [3.05, 3.63) is 34.3 Å². The molecule has 2 N–H and O–H groups in total. The molecule has 0 heterocycles. The maximum Gasteiger partial charge on any atom is 0.0540 e. The smallest absolute Gasteiger partial charge is 0.0540 e. The van der Waals surface area contributed by atoms with E-state index in [1.165, 1.54) is 5.56 Å². The summed E-state index contributed by atoms with van der Waals surface area (Å²) in [6.45, 7) is 0. The molecule has 1 aromatic rings. The first-order valence-corrected chi connectivity index (χ1v) is 7.11. The number of aliphatic hydroxyl groups is 1. The number of rotatable bonds is 3. The van der Waals surface area contributed by atoms with E-state index >= 15 is 0 Å². The summed E-state index contributed by atoms with van der Waals surface area (Å²) in [6, 6.07) is 8.96. The molecule has 2 nitrogen and oxygen atoms in total. The van der Waals surface area contributed by atoms with Crippen LogP contribution < -0.4 is 5.32 Å². The molecule has 1 fully saturated rings. The fourth-order valence-corrected chi connectivity index (χ4v) is 3.04. The predicted octanol–water partition coefficient (Wildman–Crippen LogP) is 3.26. The van der Waals surface area contributed by atoms with Crippen LogP contribution in [0.3, 0.4) is 0 Å². The molecule has 0 bridgehead atoms. The van der Waals surface area contributed by atoms with Crippen molar-refractivity contribution in [1.82, 2.24) is 5.32 Å². The molecule has 1 saturated carbocycles. The maximum absolute atomic E-state index is 9.56. The third-order valence-corrected chi connectivity index (χ3v) is 4.28. The number of halogens is 1. The molecule has 0 amide bonds. The SMILES string of the molecule is CNC(c1ccc(Br)cc1)C1CCC(O)CC1. The predicted molar refractivity (Wildman–Crippen MR) is 73.9 cm³/mol. The molecule has 0 aromatic heterocycles. The molecule has 17 heavy (non-hydrogen) atoms. The van der Waals surface area contributed by atoms with Gasteiger partial charge < -0.3 is 10.4 Å². The average Bonchev–Trinajstić information content (AvgIpc) is 2.35. The standard InChI is InChI=1S/C14H20BrNO/c1-16-14(10-2-6-12(15)7-3-10)11-4-8-13(17)9-5-11/h2-3,6-7,11,13-14,16-17H,4-5,8-9H2,1H3. The van der Waals surface area contributed by atoms with Crippen molar-refractivity contribution in [2.75, 3.05) is 7.05 Å². The van der Waals surface area contributed by atoms with Gasteiger partial charge in [0, 0.05) is 10.5 Å². The Hall–Kier alpha value is -0.380. The summed E-state index contributed by atoms with van der Waals surface area (Å²) in [6.07, 6.45) is 4.04. The fourth-order valence-electron chi connectivity index (χ4n) is 2.78. The van der Waals surface area contributed by atoms with Gasteiger partial charge in [0.15, 0.2) is 0 Å². The van der Waals surface area contributed by atoms with Gasteiger partial charge in [0.25, 0.3) is 0 Å². The van der Waals surface area contributed by atoms with E-state index in [1.54, 1.807) is 0 Å². The van der Waals surface area contributed by atoms with Crippen LogP contribution in [0.15, 0.2) is 28.7 Å². The van der Waals surface area contributed by atoms with Crippen LogP contribution >= 0.6 is 15.9 Å². The van der Waals surface area contributed by atoms with Crippen LogP contribution in [0.4, 0.5) is 0 Å². The van der Waals surface area contributed by atoms with Gasteiger partial charge in [-0.2, -0.15) is 0 Å². The lowest BCUT2D eigenvalue weighted by atomic mass is 9.80. The first-order chi connectivity index (χ1) is 8.20. The molecule has 1 aliphatic rings. The summed E-state index contributed by atoms with van der Waals surface area (Å²) in [5.41, 5.74) is 1.34. The minimum absolute atomic E-state index is 0.0753. The van der Waals surface area contributed by atoms with Crippen molar-refractivity contribution < 1.29 is 5.11 Å². The van der Waals surface area contributed by atoms with Crippen LogP contribution in [-0.2, 0) is 0 Å². The molecule has 0 spiro atoms. The highest BCUT2D eigenvalue weighted by Crippen LogP contribution is 2.34. The largest absolute Gasteiger partial charge is 0.393 e. The molecule has 1 aromatic carbocycles. The number of hydrogen-bond acceptors (Lipinski definition) is 2. The summed E-state index contributed by atoms with van der Waals surface area (Å²) >= 11 is 3.47. The van der Waals surface area contributed by atoms with E-state index < -0.39 is 0 Å². The van der Waals surface area contributed by atoms with E-state index in [0.29, 0.717) is 12.0 Å². The summed E-state index contributed by atoms with van der Waals surface area (Å²) in [5.74, 6) is 0.643. The van der Waals surface area contributed by atoms with Gasteiger partial charge >= 0.3 is 0 Å². The minimum Gasteiger partial charge on any atom is -0.393 e. The van der Waals surface area contributed by atoms with Crippen molar-refractivity contribution in [2.24, 2.45) is 5.92 Å². The third-order valence-electron chi connectivity index (χ3n) is 3.75. The highest BCUT2D eigenvalue weighted by atomic mass is 79.9. The Kier molecular flexibility index (Phi) is 4.60. The van der Waals surface area contributed by atoms with Crippen molar-refractivity contribution in [1.29, 1.82) is 0 Å². The normalized spacial score (nSPS) is 26.8. The second-order valence-electron chi connectivity index (χ2n) is 4.89. The Morgan fingerprint density at radius 1 is 1.18 bits per heavy atom. The van der Waals surface area contributed by atoms with Crippen LogP contribution in [0.5, 0.6) is 0 Å². The second-order valence-corrected chi connectivity index (χ2v) is 5.80. The zero-order valence-corrected chi connectivity index (χ0v) is 11.8. The van der Waals surface area contributed by atoms with Crippen LogP contribution in [0.1, 0.15) is 37.3 Å². The zero-order valence-electron chi connectivity index (χ0n) is 10.2. The molecule has 0 radical (unpaired) electrons. The van der Waals surface area contributed by atoms with Gasteiger partial charge in [-0.3, -0.25) is 0 Å². The van der Waals surface area contributed by atoms with Gasteiger partial charge in [-0.05, 0) is 56.3 Å². The molecular formula is C14H20BrNO. The Labute approximate surface area is 112 Å². The lowest BCUT2D eigenvalue weighted by Crippen LogP contribution is -2.30. The molecule has 3 heteroatoms. The van der Waals surface area contributed by atoms with Crippen LogP contribution in [-0.4, -0.2) is 18.3 Å². The van der Waals surface area contributed by atoms with Crippen molar-refractivity contribution in [3.63, 3.8) is 0 Å². The zero-order chi connectivity index (χ0) is 12.3. The van der Waals surface area contributed by atoms with Crippen LogP contribution in [0, 0.1) is 5.92 Å². The van der Waals surface area contributed by atoms with Crippen molar-refractivity contribution in [3.8, 4) is 0 Å². The van der Waals surface area contributed by atoms with Gasteiger partial charge in [-0.1, -0.05) is 28.1 Å². The average molecular weight is 298 g/mol. The van der Waals surface area contributed by atoms with E-state index in [9.17, 15) is 5.11 Å². The van der Waals surface area contributed by atoms with E-state index in [1.807, 2.05) is 7.05 Å². The molecule has 94 valence electrons. The van der Waals surface area contributed by atoms with Crippen LogP contribution in [0.25, 0.3) is 0 Å². The van der Waals surface area contributed by atoms with Gasteiger partial charge in [-0.15, -0.1) is 0 Å². The minimum atomic E-state index is -0.0753. The summed E-state index contributed by atoms with van der Waals surface area (Å²) in [5, 5.41) is 13.0. The molecule has 2 rings (SSSR count). The topological polar surface area (TPSA) is 32.3 Å². The Morgan fingerprint density at radius 2 is 1.76 bits per heavy atom. The van der Waals surface area contributed by atoms with Gasteiger partial charge in [0.05, 0.1) is 6.10 Å². The number of benzene rings is 1. The van der Waals surface area contributed by atoms with E-state index in [2.05, 4.69) is 45.5 Å². The van der Waals surface area contributed by atoms with Gasteiger partial charge in [0.2, 0.25) is 0 Å². The van der Waals surface area contributed by atoms with E-state index in [-0.39, 0.29) is 6.10 Å². The van der Waals surface area contributed by atoms with Crippen molar-refractivity contribution in [2.45, 2.75) is 37.8 Å². The summed E-state index contributed by atoms with van der Waals surface area (Å²) in [7, 11) is 2.03. The quantitative estimate of drug-likeness (QED) is 0.897. The lowest BCUT2D eigenvalue weighted by Gasteiger charge is -2.32. The highest BCUT2D eigenvalue weighted by Gasteiger charge is 2.26. The fraction of sp³-hybridized carbons (Fsp3) is 0.571. The van der Waals surface area contributed by atoms with E-state index in [4.69, 9.17) is 0 Å². The maximum atomic E-state index is 9.56.